The summed E-state index contributed by atoms with van der Waals surface area (Å²) in [4.78, 5) is 24.8. The van der Waals surface area contributed by atoms with Crippen LogP contribution in [0.15, 0.2) is 54.6 Å². The summed E-state index contributed by atoms with van der Waals surface area (Å²) in [5, 5.41) is 9.87. The molecule has 0 aliphatic rings. The first-order valence-electron chi connectivity index (χ1n) is 11.3. The molecule has 2 aromatic carbocycles. The highest BCUT2D eigenvalue weighted by Gasteiger charge is 2.30. The normalized spacial score (nSPS) is 13.4. The summed E-state index contributed by atoms with van der Waals surface area (Å²) in [5.41, 5.74) is 2.80. The number of aliphatic carboxylic acids is 1. The van der Waals surface area contributed by atoms with Gasteiger partial charge in [0.15, 0.2) is 0 Å². The number of carbonyl (C=O) groups is 2. The molecule has 0 aliphatic heterocycles. The van der Waals surface area contributed by atoms with Gasteiger partial charge in [0.1, 0.15) is 5.60 Å². The number of rotatable bonds is 11. The third-order valence-corrected chi connectivity index (χ3v) is 5.43. The predicted molar refractivity (Wildman–Crippen MR) is 125 cm³/mol. The Morgan fingerprint density at radius 3 is 2.19 bits per heavy atom. The second kappa shape index (κ2) is 11.7. The summed E-state index contributed by atoms with van der Waals surface area (Å²) < 4.78 is 5.59. The van der Waals surface area contributed by atoms with E-state index in [9.17, 15) is 14.7 Å². The van der Waals surface area contributed by atoms with Crippen LogP contribution >= 0.6 is 0 Å². The maximum absolute atomic E-state index is 12.7. The van der Waals surface area contributed by atoms with Crippen molar-refractivity contribution in [3.8, 4) is 11.1 Å². The molecule has 0 heterocycles. The van der Waals surface area contributed by atoms with Gasteiger partial charge < -0.3 is 9.84 Å². The van der Waals surface area contributed by atoms with Crippen LogP contribution in [0.4, 0.5) is 0 Å². The minimum Gasteiger partial charge on any atom is -0.481 e. The lowest BCUT2D eigenvalue weighted by atomic mass is 9.86. The summed E-state index contributed by atoms with van der Waals surface area (Å²) >= 11 is 0. The molecule has 0 aromatic heterocycles. The third kappa shape index (κ3) is 8.20. The number of carboxylic acids is 1. The molecule has 0 radical (unpaired) electrons. The molecule has 0 saturated carbocycles. The summed E-state index contributed by atoms with van der Waals surface area (Å²) in [6.45, 7) is 7.60. The number of aryl methyl sites for hydroxylation is 1. The van der Waals surface area contributed by atoms with E-state index in [2.05, 4.69) is 31.2 Å². The Labute approximate surface area is 186 Å². The largest absolute Gasteiger partial charge is 0.481 e. The first-order valence-corrected chi connectivity index (χ1v) is 11.3. The van der Waals surface area contributed by atoms with Crippen LogP contribution in [0, 0.1) is 11.8 Å². The minimum atomic E-state index is -0.845. The van der Waals surface area contributed by atoms with Crippen molar-refractivity contribution in [3.05, 3.63) is 60.2 Å². The predicted octanol–water partition coefficient (Wildman–Crippen LogP) is 6.53. The molecule has 4 nitrogen and oxygen atoms in total. The molecule has 4 heteroatoms. The summed E-state index contributed by atoms with van der Waals surface area (Å²) in [5.74, 6) is -2.10. The van der Waals surface area contributed by atoms with Crippen molar-refractivity contribution in [3.63, 3.8) is 0 Å². The van der Waals surface area contributed by atoms with Crippen molar-refractivity contribution in [2.45, 2.75) is 71.8 Å². The molecule has 0 saturated heterocycles. The van der Waals surface area contributed by atoms with E-state index in [1.54, 1.807) is 0 Å². The van der Waals surface area contributed by atoms with Crippen LogP contribution < -0.4 is 0 Å². The maximum atomic E-state index is 12.7. The fourth-order valence-electron chi connectivity index (χ4n) is 3.82. The van der Waals surface area contributed by atoms with E-state index in [1.807, 2.05) is 51.1 Å². The van der Waals surface area contributed by atoms with Crippen molar-refractivity contribution >= 4 is 11.9 Å². The second-order valence-corrected chi connectivity index (χ2v) is 9.21. The van der Waals surface area contributed by atoms with E-state index < -0.39 is 17.5 Å². The smallest absolute Gasteiger partial charge is 0.309 e. The zero-order valence-electron chi connectivity index (χ0n) is 19.3. The number of hydrogen-bond acceptors (Lipinski definition) is 3. The number of esters is 1. The van der Waals surface area contributed by atoms with Crippen molar-refractivity contribution in [2.75, 3.05) is 0 Å². The van der Waals surface area contributed by atoms with Gasteiger partial charge in [0, 0.05) is 0 Å². The topological polar surface area (TPSA) is 63.6 Å². The molecule has 2 rings (SSSR count). The second-order valence-electron chi connectivity index (χ2n) is 9.21. The van der Waals surface area contributed by atoms with Gasteiger partial charge in [0.25, 0.3) is 0 Å². The fourth-order valence-corrected chi connectivity index (χ4v) is 3.82. The van der Waals surface area contributed by atoms with Gasteiger partial charge in [-0.1, -0.05) is 74.4 Å². The quantitative estimate of drug-likeness (QED) is 0.417. The number of unbranched alkanes of at least 4 members (excludes halogenated alkanes) is 1. The SMILES string of the molecule is CCCC[C@@H](C[C@@H](CCc1ccccc1-c1ccccc1)C(=O)O)C(=O)OC(C)(C)C. The fraction of sp³-hybridized carbons (Fsp3) is 0.481. The molecule has 0 unspecified atom stereocenters. The van der Waals surface area contributed by atoms with Gasteiger partial charge in [-0.25, -0.2) is 0 Å². The Morgan fingerprint density at radius 1 is 0.935 bits per heavy atom. The number of benzene rings is 2. The van der Waals surface area contributed by atoms with Crippen LogP contribution in [0.2, 0.25) is 0 Å². The average molecular weight is 425 g/mol. The molecule has 0 fully saturated rings. The molecule has 168 valence electrons. The summed E-state index contributed by atoms with van der Waals surface area (Å²) in [6, 6.07) is 18.3. The van der Waals surface area contributed by atoms with Gasteiger partial charge in [-0.15, -0.1) is 0 Å². The Kier molecular flexibility index (Phi) is 9.29. The molecular weight excluding hydrogens is 388 g/mol. The van der Waals surface area contributed by atoms with E-state index in [0.717, 1.165) is 29.5 Å². The van der Waals surface area contributed by atoms with Crippen LogP contribution in [-0.4, -0.2) is 22.6 Å². The van der Waals surface area contributed by atoms with Gasteiger partial charge in [-0.05, 0) is 63.1 Å². The molecule has 31 heavy (non-hydrogen) atoms. The van der Waals surface area contributed by atoms with E-state index >= 15 is 0 Å². The Hall–Kier alpha value is -2.62. The highest BCUT2D eigenvalue weighted by atomic mass is 16.6. The number of hydrogen-bond donors (Lipinski definition) is 1. The minimum absolute atomic E-state index is 0.281. The van der Waals surface area contributed by atoms with E-state index in [4.69, 9.17) is 4.74 Å². The lowest BCUT2D eigenvalue weighted by Gasteiger charge is -2.25. The Balaban J connectivity index is 2.14. The van der Waals surface area contributed by atoms with E-state index in [-0.39, 0.29) is 11.9 Å². The zero-order valence-corrected chi connectivity index (χ0v) is 19.3. The number of ether oxygens (including phenoxy) is 1. The van der Waals surface area contributed by atoms with Gasteiger partial charge in [0.05, 0.1) is 11.8 Å². The molecule has 0 spiro atoms. The van der Waals surface area contributed by atoms with Crippen LogP contribution in [0.25, 0.3) is 11.1 Å². The zero-order chi connectivity index (χ0) is 22.9. The van der Waals surface area contributed by atoms with Gasteiger partial charge in [-0.2, -0.15) is 0 Å². The number of carbonyl (C=O) groups excluding carboxylic acids is 1. The third-order valence-electron chi connectivity index (χ3n) is 5.43. The standard InChI is InChI=1S/C27H36O4/c1-5-6-12-23(26(30)31-27(2,3)4)19-22(25(28)29)18-17-21-15-10-11-16-24(21)20-13-8-7-9-14-20/h7-11,13-16,22-23H,5-6,12,17-19H2,1-4H3,(H,28,29)/t22-,23+/m1/s1. The molecule has 1 N–H and O–H groups in total. The van der Waals surface area contributed by atoms with Gasteiger partial charge in [-0.3, -0.25) is 9.59 Å². The van der Waals surface area contributed by atoms with Crippen molar-refractivity contribution in [2.24, 2.45) is 11.8 Å². The first kappa shape index (κ1) is 24.6. The Bertz CT molecular complexity index is 836. The molecule has 2 aromatic rings. The van der Waals surface area contributed by atoms with Crippen LogP contribution in [0.1, 0.15) is 65.4 Å². The van der Waals surface area contributed by atoms with Crippen LogP contribution in [0.3, 0.4) is 0 Å². The first-order chi connectivity index (χ1) is 14.7. The highest BCUT2D eigenvalue weighted by molar-refractivity contribution is 5.75. The van der Waals surface area contributed by atoms with E-state index in [0.29, 0.717) is 25.7 Å². The molecule has 0 aliphatic carbocycles. The number of carboxylic acid groups (broad SMARTS) is 1. The molecular formula is C27H36O4. The lowest BCUT2D eigenvalue weighted by molar-refractivity contribution is -0.161. The highest BCUT2D eigenvalue weighted by Crippen LogP contribution is 2.29. The molecule has 0 amide bonds. The van der Waals surface area contributed by atoms with Crippen molar-refractivity contribution in [1.29, 1.82) is 0 Å². The molecule has 0 bridgehead atoms. The van der Waals surface area contributed by atoms with Crippen LogP contribution in [0.5, 0.6) is 0 Å². The summed E-state index contributed by atoms with van der Waals surface area (Å²) in [7, 11) is 0. The Morgan fingerprint density at radius 2 is 1.58 bits per heavy atom. The van der Waals surface area contributed by atoms with Crippen molar-refractivity contribution in [1.82, 2.24) is 0 Å². The molecule has 2 atom stereocenters. The van der Waals surface area contributed by atoms with Gasteiger partial charge >= 0.3 is 11.9 Å². The van der Waals surface area contributed by atoms with Crippen molar-refractivity contribution < 1.29 is 19.4 Å². The maximum Gasteiger partial charge on any atom is 0.309 e. The average Bonchev–Trinajstić information content (AvgIpc) is 2.72. The lowest BCUT2D eigenvalue weighted by Crippen LogP contribution is -2.31. The van der Waals surface area contributed by atoms with Gasteiger partial charge in [0.2, 0.25) is 0 Å². The summed E-state index contributed by atoms with van der Waals surface area (Å²) in [6.07, 6.45) is 3.96. The van der Waals surface area contributed by atoms with Crippen LogP contribution in [-0.2, 0) is 20.7 Å². The monoisotopic (exact) mass is 424 g/mol. The van der Waals surface area contributed by atoms with E-state index in [1.165, 1.54) is 0 Å².